The van der Waals surface area contributed by atoms with Crippen molar-refractivity contribution in [2.24, 2.45) is 5.92 Å². The fraction of sp³-hybridized carbons (Fsp3) is 0.406. The molecule has 1 saturated heterocycles. The topological polar surface area (TPSA) is 44.8 Å². The summed E-state index contributed by atoms with van der Waals surface area (Å²) in [4.78, 5) is 17.9. The minimum Gasteiger partial charge on any atom is -0.494 e. The van der Waals surface area contributed by atoms with Gasteiger partial charge in [-0.3, -0.25) is 14.6 Å². The molecule has 3 aromatic carbocycles. The number of amides is 1. The van der Waals surface area contributed by atoms with Crippen molar-refractivity contribution in [2.45, 2.75) is 52.4 Å². The molecule has 5 heteroatoms. The van der Waals surface area contributed by atoms with Gasteiger partial charge in [-0.1, -0.05) is 60.7 Å². The van der Waals surface area contributed by atoms with Crippen molar-refractivity contribution in [2.75, 3.05) is 26.2 Å². The highest BCUT2D eigenvalue weighted by molar-refractivity contribution is 5.78. The number of carbonyl (C=O) groups is 1. The van der Waals surface area contributed by atoms with Gasteiger partial charge in [0.2, 0.25) is 5.91 Å². The Hall–Kier alpha value is -3.15. The van der Waals surface area contributed by atoms with Gasteiger partial charge in [0, 0.05) is 38.6 Å². The molecule has 2 aliphatic rings. The van der Waals surface area contributed by atoms with Gasteiger partial charge in [0.15, 0.2) is 0 Å². The normalized spacial score (nSPS) is 16.8. The van der Waals surface area contributed by atoms with Gasteiger partial charge in [-0.25, -0.2) is 0 Å². The lowest BCUT2D eigenvalue weighted by molar-refractivity contribution is -0.126. The van der Waals surface area contributed by atoms with Gasteiger partial charge in [-0.2, -0.15) is 0 Å². The van der Waals surface area contributed by atoms with Crippen LogP contribution in [0.3, 0.4) is 0 Å². The van der Waals surface area contributed by atoms with Crippen LogP contribution in [-0.4, -0.2) is 41.9 Å². The predicted octanol–water partition coefficient (Wildman–Crippen LogP) is 5.17. The minimum absolute atomic E-state index is 0.0996. The first kappa shape index (κ1) is 25.5. The van der Waals surface area contributed by atoms with Crippen molar-refractivity contribution >= 4 is 5.91 Å². The van der Waals surface area contributed by atoms with Crippen LogP contribution in [0.15, 0.2) is 72.8 Å². The summed E-state index contributed by atoms with van der Waals surface area (Å²) < 4.78 is 5.63. The summed E-state index contributed by atoms with van der Waals surface area (Å²) in [6.07, 6.45) is 2.94. The van der Waals surface area contributed by atoms with Gasteiger partial charge in [-0.15, -0.1) is 0 Å². The first-order valence-corrected chi connectivity index (χ1v) is 13.7. The average Bonchev–Trinajstić information content (AvgIpc) is 2.93. The molecule has 0 saturated carbocycles. The molecule has 1 amide bonds. The molecule has 1 N–H and O–H groups in total. The Morgan fingerprint density at radius 3 is 2.35 bits per heavy atom. The van der Waals surface area contributed by atoms with Crippen molar-refractivity contribution in [3.8, 4) is 5.75 Å². The van der Waals surface area contributed by atoms with Crippen LogP contribution in [0.2, 0.25) is 0 Å². The number of benzene rings is 3. The summed E-state index contributed by atoms with van der Waals surface area (Å²) in [7, 11) is 0. The van der Waals surface area contributed by atoms with Crippen molar-refractivity contribution in [1.82, 2.24) is 15.1 Å². The van der Waals surface area contributed by atoms with E-state index in [0.717, 1.165) is 64.3 Å². The van der Waals surface area contributed by atoms with E-state index < -0.39 is 0 Å². The van der Waals surface area contributed by atoms with Gasteiger partial charge in [-0.05, 0) is 79.2 Å². The number of piperidine rings is 1. The molecule has 0 unspecified atom stereocenters. The van der Waals surface area contributed by atoms with Crippen LogP contribution in [0.1, 0.15) is 47.6 Å². The van der Waals surface area contributed by atoms with Gasteiger partial charge < -0.3 is 10.1 Å². The molecule has 0 aliphatic carbocycles. The Morgan fingerprint density at radius 2 is 1.54 bits per heavy atom. The minimum atomic E-state index is 0.0996. The predicted molar refractivity (Wildman–Crippen MR) is 148 cm³/mol. The van der Waals surface area contributed by atoms with Gasteiger partial charge in [0.05, 0.1) is 6.61 Å². The average molecular weight is 498 g/mol. The van der Waals surface area contributed by atoms with Crippen LogP contribution < -0.4 is 10.1 Å². The van der Waals surface area contributed by atoms with Crippen LogP contribution in [0.5, 0.6) is 5.75 Å². The summed E-state index contributed by atoms with van der Waals surface area (Å²) in [5, 5.41) is 3.21. The van der Waals surface area contributed by atoms with Crippen LogP contribution in [0.25, 0.3) is 0 Å². The third-order valence-electron chi connectivity index (χ3n) is 7.65. The highest BCUT2D eigenvalue weighted by atomic mass is 16.5. The molecule has 2 heterocycles. The van der Waals surface area contributed by atoms with Crippen molar-refractivity contribution in [3.05, 3.63) is 101 Å². The van der Waals surface area contributed by atoms with Crippen LogP contribution in [0, 0.1) is 5.92 Å². The fourth-order valence-corrected chi connectivity index (χ4v) is 5.63. The second-order valence-corrected chi connectivity index (χ2v) is 10.4. The number of likely N-dealkylation sites (tertiary alicyclic amines) is 1. The van der Waals surface area contributed by atoms with Gasteiger partial charge in [0.1, 0.15) is 5.75 Å². The van der Waals surface area contributed by atoms with E-state index in [1.54, 1.807) is 0 Å². The molecule has 1 fully saturated rings. The third-order valence-corrected chi connectivity index (χ3v) is 7.65. The first-order valence-electron chi connectivity index (χ1n) is 13.7. The number of carbonyl (C=O) groups excluding carboxylic acids is 1. The maximum absolute atomic E-state index is 12.9. The first-order chi connectivity index (χ1) is 18.2. The van der Waals surface area contributed by atoms with Gasteiger partial charge >= 0.3 is 0 Å². The monoisotopic (exact) mass is 497 g/mol. The number of nitrogens with zero attached hydrogens (tertiary/aromatic N) is 2. The van der Waals surface area contributed by atoms with E-state index in [1.165, 1.54) is 27.8 Å². The fourth-order valence-electron chi connectivity index (χ4n) is 5.63. The molecular formula is C32H39N3O2. The molecule has 2 aliphatic heterocycles. The van der Waals surface area contributed by atoms with E-state index in [9.17, 15) is 4.79 Å². The van der Waals surface area contributed by atoms with E-state index in [0.29, 0.717) is 13.2 Å². The maximum Gasteiger partial charge on any atom is 0.223 e. The van der Waals surface area contributed by atoms with Crippen molar-refractivity contribution < 1.29 is 9.53 Å². The smallest absolute Gasteiger partial charge is 0.223 e. The maximum atomic E-state index is 12.9. The Bertz CT molecular complexity index is 1190. The molecule has 0 radical (unpaired) electrons. The zero-order valence-electron chi connectivity index (χ0n) is 22.0. The molecule has 0 spiro atoms. The Balaban J connectivity index is 1.07. The molecule has 5 nitrogen and oxygen atoms in total. The second-order valence-electron chi connectivity index (χ2n) is 10.4. The highest BCUT2D eigenvalue weighted by Gasteiger charge is 2.25. The Morgan fingerprint density at radius 1 is 0.838 bits per heavy atom. The summed E-state index contributed by atoms with van der Waals surface area (Å²) >= 11 is 0. The summed E-state index contributed by atoms with van der Waals surface area (Å²) in [6, 6.07) is 25.8. The van der Waals surface area contributed by atoms with Crippen LogP contribution in [0.4, 0.5) is 0 Å². The number of hydrogen-bond acceptors (Lipinski definition) is 4. The molecule has 5 rings (SSSR count). The quantitative estimate of drug-likeness (QED) is 0.443. The van der Waals surface area contributed by atoms with Crippen molar-refractivity contribution in [1.29, 1.82) is 0 Å². The zero-order chi connectivity index (χ0) is 25.5. The molecular weight excluding hydrogens is 458 g/mol. The molecule has 37 heavy (non-hydrogen) atoms. The van der Waals surface area contributed by atoms with Gasteiger partial charge in [0.25, 0.3) is 0 Å². The zero-order valence-corrected chi connectivity index (χ0v) is 22.0. The number of hydrogen-bond donors (Lipinski definition) is 1. The molecule has 0 aromatic heterocycles. The Kier molecular flexibility index (Phi) is 8.54. The van der Waals surface area contributed by atoms with E-state index in [4.69, 9.17) is 4.74 Å². The van der Waals surface area contributed by atoms with Crippen molar-refractivity contribution in [3.63, 3.8) is 0 Å². The van der Waals surface area contributed by atoms with E-state index in [-0.39, 0.29) is 11.8 Å². The second kappa shape index (κ2) is 12.4. The molecule has 194 valence electrons. The van der Waals surface area contributed by atoms with Crippen LogP contribution >= 0.6 is 0 Å². The largest absolute Gasteiger partial charge is 0.494 e. The number of fused-ring (bicyclic) bond motifs is 1. The lowest BCUT2D eigenvalue weighted by Gasteiger charge is -2.31. The number of ether oxygens (including phenoxy) is 1. The Labute approximate surface area is 221 Å². The van der Waals surface area contributed by atoms with E-state index >= 15 is 0 Å². The van der Waals surface area contributed by atoms with Crippen LogP contribution in [-0.2, 0) is 37.4 Å². The summed E-state index contributed by atoms with van der Waals surface area (Å²) in [5.74, 6) is 1.22. The summed E-state index contributed by atoms with van der Waals surface area (Å²) in [6.45, 7) is 9.14. The molecule has 0 atom stereocenters. The highest BCUT2D eigenvalue weighted by Crippen LogP contribution is 2.22. The molecule has 0 bridgehead atoms. The standard InChI is InChI=1S/C32H39N3O2/c1-2-37-31-12-6-9-27(20-31)22-34-16-14-29(15-17-34)32(36)33-21-25-7-5-8-26(19-25)23-35-18-13-28-10-3-4-11-30(28)24-35/h3-12,19-20,29H,2,13-18,21-24H2,1H3,(H,33,36). The lowest BCUT2D eigenvalue weighted by Crippen LogP contribution is -2.40. The van der Waals surface area contributed by atoms with E-state index in [1.807, 2.05) is 13.0 Å². The third kappa shape index (κ3) is 7.00. The summed E-state index contributed by atoms with van der Waals surface area (Å²) in [5.41, 5.74) is 6.68. The molecule has 3 aromatic rings. The number of nitrogens with one attached hydrogen (secondary N) is 1. The SMILES string of the molecule is CCOc1cccc(CN2CCC(C(=O)NCc3cccc(CN4CCc5ccccc5C4)c3)CC2)c1. The number of rotatable bonds is 9. The lowest BCUT2D eigenvalue weighted by atomic mass is 9.95. The van der Waals surface area contributed by atoms with E-state index in [2.05, 4.69) is 81.8 Å².